The van der Waals surface area contributed by atoms with Crippen LogP contribution in [-0.2, 0) is 0 Å². The molecule has 2 heteroatoms. The van der Waals surface area contributed by atoms with Gasteiger partial charge in [0.15, 0.2) is 0 Å². The maximum atomic E-state index is 9.73. The molecule has 19 heavy (non-hydrogen) atoms. The average Bonchev–Trinajstić information content (AvgIpc) is 2.40. The van der Waals surface area contributed by atoms with E-state index >= 15 is 0 Å². The summed E-state index contributed by atoms with van der Waals surface area (Å²) in [6.07, 6.45) is 15.6. The predicted octanol–water partition coefficient (Wildman–Crippen LogP) is 5.96. The highest BCUT2D eigenvalue weighted by molar-refractivity contribution is 5.21. The highest BCUT2D eigenvalue weighted by atomic mass is 16.3. The van der Waals surface area contributed by atoms with Crippen molar-refractivity contribution in [3.8, 4) is 0 Å². The van der Waals surface area contributed by atoms with Crippen LogP contribution in [0.15, 0.2) is 23.2 Å². The molecule has 0 atom stereocenters. The monoisotopic (exact) mass is 266 g/mol. The second-order valence-electron chi connectivity index (χ2n) is 5.71. The van der Waals surface area contributed by atoms with Gasteiger partial charge < -0.3 is 10.2 Å². The van der Waals surface area contributed by atoms with E-state index in [1.165, 1.54) is 51.4 Å². The Morgan fingerprint density at radius 2 is 1.47 bits per heavy atom. The smallest absolute Gasteiger partial charge is 0.0958 e. The van der Waals surface area contributed by atoms with E-state index in [1.54, 1.807) is 6.08 Å². The normalized spacial score (nSPS) is 15.7. The molecule has 110 valence electrons. The molecule has 0 radical (unpaired) electrons. The molecule has 0 bridgehead atoms. The van der Waals surface area contributed by atoms with Gasteiger partial charge in [-0.1, -0.05) is 58.3 Å². The van der Waals surface area contributed by atoms with E-state index in [1.807, 2.05) is 0 Å². The fraction of sp³-hybridized carbons (Fsp3) is 0.765. The van der Waals surface area contributed by atoms with E-state index < -0.39 is 0 Å². The van der Waals surface area contributed by atoms with Crippen LogP contribution >= 0.6 is 0 Å². The molecular weight excluding hydrogens is 236 g/mol. The predicted molar refractivity (Wildman–Crippen MR) is 81.4 cm³/mol. The minimum Gasteiger partial charge on any atom is -0.512 e. The van der Waals surface area contributed by atoms with Crippen LogP contribution in [0.1, 0.15) is 84.0 Å². The van der Waals surface area contributed by atoms with Crippen molar-refractivity contribution in [1.29, 1.82) is 0 Å². The number of hydrogen-bond acceptors (Lipinski definition) is 2. The highest BCUT2D eigenvalue weighted by Crippen LogP contribution is 2.26. The van der Waals surface area contributed by atoms with Crippen LogP contribution in [0.5, 0.6) is 0 Å². The zero-order valence-electron chi connectivity index (χ0n) is 12.5. The lowest BCUT2D eigenvalue weighted by atomic mass is 9.96. The van der Waals surface area contributed by atoms with Gasteiger partial charge in [-0.15, -0.1) is 0 Å². The standard InChI is InChI=1S/C17H30O2/c1-2-3-4-5-6-7-8-9-10-11-15-14-16(18)12-13-17(15)19/h12,18-19H,2-11,13-14H2,1H3. The van der Waals surface area contributed by atoms with Crippen molar-refractivity contribution in [3.63, 3.8) is 0 Å². The van der Waals surface area contributed by atoms with Gasteiger partial charge in [-0.3, -0.25) is 0 Å². The Balaban J connectivity index is 1.96. The Bertz CT molecular complexity index is 302. The summed E-state index contributed by atoms with van der Waals surface area (Å²) in [4.78, 5) is 0. The number of allylic oxidation sites excluding steroid dienone is 2. The van der Waals surface area contributed by atoms with Crippen molar-refractivity contribution in [2.24, 2.45) is 0 Å². The van der Waals surface area contributed by atoms with Crippen LogP contribution in [0, 0.1) is 0 Å². The Kier molecular flexibility index (Phi) is 8.44. The minimum absolute atomic E-state index is 0.420. The van der Waals surface area contributed by atoms with Gasteiger partial charge in [0, 0.05) is 12.8 Å². The lowest BCUT2D eigenvalue weighted by Gasteiger charge is -2.14. The number of aliphatic hydroxyl groups is 2. The Morgan fingerprint density at radius 3 is 2.11 bits per heavy atom. The number of rotatable bonds is 10. The van der Waals surface area contributed by atoms with Crippen molar-refractivity contribution in [1.82, 2.24) is 0 Å². The molecule has 0 spiro atoms. The van der Waals surface area contributed by atoms with Gasteiger partial charge in [-0.25, -0.2) is 0 Å². The van der Waals surface area contributed by atoms with Crippen LogP contribution < -0.4 is 0 Å². The largest absolute Gasteiger partial charge is 0.512 e. The molecule has 0 fully saturated rings. The van der Waals surface area contributed by atoms with Crippen LogP contribution in [0.25, 0.3) is 0 Å². The van der Waals surface area contributed by atoms with Crippen LogP contribution in [0.4, 0.5) is 0 Å². The van der Waals surface area contributed by atoms with Gasteiger partial charge in [0.05, 0.1) is 11.5 Å². The van der Waals surface area contributed by atoms with Crippen LogP contribution in [-0.4, -0.2) is 10.2 Å². The molecule has 0 saturated heterocycles. The van der Waals surface area contributed by atoms with Crippen molar-refractivity contribution >= 4 is 0 Å². The molecule has 0 aromatic rings. The summed E-state index contributed by atoms with van der Waals surface area (Å²) in [5, 5.41) is 19.2. The molecule has 0 amide bonds. The molecule has 1 aliphatic rings. The summed E-state index contributed by atoms with van der Waals surface area (Å²) in [5.41, 5.74) is 1.04. The molecule has 0 heterocycles. The van der Waals surface area contributed by atoms with Crippen LogP contribution in [0.3, 0.4) is 0 Å². The van der Waals surface area contributed by atoms with Gasteiger partial charge in [0.2, 0.25) is 0 Å². The summed E-state index contributed by atoms with van der Waals surface area (Å²) in [7, 11) is 0. The number of unbranched alkanes of at least 4 members (excludes halogenated alkanes) is 8. The number of aliphatic hydroxyl groups excluding tert-OH is 2. The third-order valence-corrected chi connectivity index (χ3v) is 3.92. The van der Waals surface area contributed by atoms with E-state index in [0.29, 0.717) is 24.4 Å². The maximum absolute atomic E-state index is 9.73. The van der Waals surface area contributed by atoms with Gasteiger partial charge in [0.1, 0.15) is 0 Å². The summed E-state index contributed by atoms with van der Waals surface area (Å²) in [6.45, 7) is 2.25. The quantitative estimate of drug-likeness (QED) is 0.479. The van der Waals surface area contributed by atoms with E-state index in [4.69, 9.17) is 0 Å². The first kappa shape index (κ1) is 16.1. The molecule has 0 saturated carbocycles. The zero-order valence-corrected chi connectivity index (χ0v) is 12.5. The lowest BCUT2D eigenvalue weighted by molar-refractivity contribution is 0.349. The summed E-state index contributed by atoms with van der Waals surface area (Å²) >= 11 is 0. The topological polar surface area (TPSA) is 40.5 Å². The van der Waals surface area contributed by atoms with Crippen molar-refractivity contribution in [2.75, 3.05) is 0 Å². The van der Waals surface area contributed by atoms with E-state index in [2.05, 4.69) is 6.92 Å². The van der Waals surface area contributed by atoms with Crippen molar-refractivity contribution < 1.29 is 10.2 Å². The molecule has 0 aromatic heterocycles. The first-order valence-electron chi connectivity index (χ1n) is 8.02. The SMILES string of the molecule is CCCCCCCCCCCC1=C(O)CC=C(O)C1. The Labute approximate surface area is 118 Å². The van der Waals surface area contributed by atoms with Gasteiger partial charge in [0.25, 0.3) is 0 Å². The fourth-order valence-corrected chi connectivity index (χ4v) is 2.63. The molecule has 0 unspecified atom stereocenters. The summed E-state index contributed by atoms with van der Waals surface area (Å²) < 4.78 is 0. The minimum atomic E-state index is 0.420. The molecule has 1 rings (SSSR count). The van der Waals surface area contributed by atoms with Crippen molar-refractivity contribution in [3.05, 3.63) is 23.2 Å². The molecule has 0 aromatic carbocycles. The van der Waals surface area contributed by atoms with E-state index in [0.717, 1.165) is 18.4 Å². The summed E-state index contributed by atoms with van der Waals surface area (Å²) in [5.74, 6) is 0.904. The number of hydrogen-bond donors (Lipinski definition) is 2. The first-order chi connectivity index (χ1) is 9.24. The van der Waals surface area contributed by atoms with Gasteiger partial charge >= 0.3 is 0 Å². The zero-order chi connectivity index (χ0) is 13.9. The van der Waals surface area contributed by atoms with E-state index in [-0.39, 0.29) is 0 Å². The molecule has 1 aliphatic carbocycles. The Morgan fingerprint density at radius 1 is 0.895 bits per heavy atom. The average molecular weight is 266 g/mol. The second-order valence-corrected chi connectivity index (χ2v) is 5.71. The second kappa shape index (κ2) is 9.94. The fourth-order valence-electron chi connectivity index (χ4n) is 2.63. The van der Waals surface area contributed by atoms with Crippen molar-refractivity contribution in [2.45, 2.75) is 84.0 Å². The Hall–Kier alpha value is -0.920. The summed E-state index contributed by atoms with van der Waals surface area (Å²) in [6, 6.07) is 0. The van der Waals surface area contributed by atoms with E-state index in [9.17, 15) is 10.2 Å². The van der Waals surface area contributed by atoms with Crippen LogP contribution in [0.2, 0.25) is 0 Å². The first-order valence-corrected chi connectivity index (χ1v) is 8.02. The third-order valence-electron chi connectivity index (χ3n) is 3.92. The molecule has 2 N–H and O–H groups in total. The molecule has 0 aliphatic heterocycles. The van der Waals surface area contributed by atoms with Gasteiger partial charge in [-0.2, -0.15) is 0 Å². The third kappa shape index (κ3) is 7.29. The lowest BCUT2D eigenvalue weighted by Crippen LogP contribution is -2.00. The molecule has 2 nitrogen and oxygen atoms in total. The van der Waals surface area contributed by atoms with Gasteiger partial charge in [-0.05, 0) is 24.5 Å². The molecular formula is C17H30O2. The highest BCUT2D eigenvalue weighted by Gasteiger charge is 2.12. The maximum Gasteiger partial charge on any atom is 0.0958 e.